The Morgan fingerprint density at radius 2 is 2.22 bits per heavy atom. The maximum Gasteiger partial charge on any atom is 0.319 e. The van der Waals surface area contributed by atoms with Crippen molar-refractivity contribution in [3.63, 3.8) is 0 Å². The molecule has 0 saturated heterocycles. The Kier molecular flexibility index (Phi) is 3.93. The first-order valence-corrected chi connectivity index (χ1v) is 6.14. The van der Waals surface area contributed by atoms with E-state index in [0.717, 1.165) is 30.3 Å². The summed E-state index contributed by atoms with van der Waals surface area (Å²) >= 11 is 0. The summed E-state index contributed by atoms with van der Waals surface area (Å²) in [7, 11) is 1.64. The van der Waals surface area contributed by atoms with Crippen molar-refractivity contribution in [1.82, 2.24) is 14.5 Å². The van der Waals surface area contributed by atoms with Gasteiger partial charge in [0.25, 0.3) is 0 Å². The van der Waals surface area contributed by atoms with E-state index in [1.54, 1.807) is 7.05 Å². The van der Waals surface area contributed by atoms with Crippen LogP contribution in [0.3, 0.4) is 0 Å². The fraction of sp³-hybridized carbons (Fsp3) is 0.667. The molecule has 1 fully saturated rings. The van der Waals surface area contributed by atoms with Crippen LogP contribution in [0.1, 0.15) is 38.1 Å². The highest BCUT2D eigenvalue weighted by molar-refractivity contribution is 5.78. The molecule has 100 valence electrons. The Labute approximate surface area is 105 Å². The first kappa shape index (κ1) is 13.0. The second-order valence-electron chi connectivity index (χ2n) is 4.70. The summed E-state index contributed by atoms with van der Waals surface area (Å²) < 4.78 is 26.1. The Hall–Kier alpha value is -1.46. The molecule has 1 amide bonds. The summed E-state index contributed by atoms with van der Waals surface area (Å²) in [5.41, 5.74) is 0. The molecule has 1 aromatic heterocycles. The average molecular weight is 257 g/mol. The molecule has 0 bridgehead atoms. The van der Waals surface area contributed by atoms with E-state index in [1.165, 1.54) is 17.3 Å². The lowest BCUT2D eigenvalue weighted by molar-refractivity contribution is -0.134. The lowest BCUT2D eigenvalue weighted by Gasteiger charge is -2.21. The minimum Gasteiger partial charge on any atom is -0.338 e. The van der Waals surface area contributed by atoms with E-state index in [0.29, 0.717) is 0 Å². The minimum atomic E-state index is -2.61. The Bertz CT molecular complexity index is 413. The molecular formula is C12H17F2N3O. The number of carbonyl (C=O) groups excluding carboxylic acids is 1. The second-order valence-corrected chi connectivity index (χ2v) is 4.70. The number of hydrogen-bond donors (Lipinski definition) is 0. The van der Waals surface area contributed by atoms with Crippen molar-refractivity contribution >= 4 is 5.91 Å². The van der Waals surface area contributed by atoms with Crippen LogP contribution in [0.5, 0.6) is 0 Å². The predicted molar refractivity (Wildman–Crippen MR) is 61.9 cm³/mol. The van der Waals surface area contributed by atoms with Crippen LogP contribution in [-0.4, -0.2) is 27.4 Å². The maximum absolute atomic E-state index is 12.6. The summed E-state index contributed by atoms with van der Waals surface area (Å²) in [6.07, 6.45) is 6.54. The minimum absolute atomic E-state index is 0.0383. The normalized spacial score (nSPS) is 16.4. The van der Waals surface area contributed by atoms with Crippen molar-refractivity contribution in [2.75, 3.05) is 7.05 Å². The zero-order chi connectivity index (χ0) is 13.1. The van der Waals surface area contributed by atoms with E-state index >= 15 is 0 Å². The number of amides is 1. The zero-order valence-corrected chi connectivity index (χ0v) is 10.4. The fourth-order valence-electron chi connectivity index (χ4n) is 2.42. The molecule has 1 aromatic rings. The van der Waals surface area contributed by atoms with Gasteiger partial charge in [0.1, 0.15) is 5.82 Å². The Morgan fingerprint density at radius 1 is 1.56 bits per heavy atom. The molecule has 0 atom stereocenters. The number of hydrogen-bond acceptors (Lipinski definition) is 2. The molecule has 4 nitrogen and oxygen atoms in total. The molecule has 0 radical (unpaired) electrons. The van der Waals surface area contributed by atoms with Gasteiger partial charge < -0.3 is 4.90 Å². The molecule has 18 heavy (non-hydrogen) atoms. The summed E-state index contributed by atoms with van der Waals surface area (Å²) in [5.74, 6) is 0.320. The van der Waals surface area contributed by atoms with Gasteiger partial charge >= 0.3 is 6.55 Å². The first-order chi connectivity index (χ1) is 8.59. The average Bonchev–Trinajstić information content (AvgIpc) is 2.98. The highest BCUT2D eigenvalue weighted by Gasteiger charge is 2.26. The monoisotopic (exact) mass is 257 g/mol. The molecule has 1 aliphatic rings. The number of imidazole rings is 1. The van der Waals surface area contributed by atoms with Crippen molar-refractivity contribution < 1.29 is 13.6 Å². The summed E-state index contributed by atoms with van der Waals surface area (Å²) in [4.78, 5) is 17.4. The molecule has 0 unspecified atom stereocenters. The summed E-state index contributed by atoms with van der Waals surface area (Å²) in [5, 5.41) is 0. The van der Waals surface area contributed by atoms with Crippen LogP contribution in [0.2, 0.25) is 0 Å². The number of halogens is 2. The number of rotatable bonds is 4. The standard InChI is InChI=1S/C12H17F2N3O/c1-16(11(18)9-4-2-3-5-9)8-10-15-6-7-17(10)12(13)14/h6-7,9,12H,2-5,8H2,1H3. The van der Waals surface area contributed by atoms with Crippen LogP contribution >= 0.6 is 0 Å². The van der Waals surface area contributed by atoms with Gasteiger partial charge in [-0.15, -0.1) is 0 Å². The van der Waals surface area contributed by atoms with Gasteiger partial charge in [-0.1, -0.05) is 12.8 Å². The van der Waals surface area contributed by atoms with Crippen LogP contribution in [0.4, 0.5) is 8.78 Å². The summed E-state index contributed by atoms with van der Waals surface area (Å²) in [6.45, 7) is -2.48. The SMILES string of the molecule is CN(Cc1nccn1C(F)F)C(=O)C1CCCC1. The number of alkyl halides is 2. The van der Waals surface area contributed by atoms with Crippen molar-refractivity contribution in [2.45, 2.75) is 38.8 Å². The number of carbonyl (C=O) groups is 1. The molecule has 6 heteroatoms. The van der Waals surface area contributed by atoms with Crippen LogP contribution < -0.4 is 0 Å². The molecule has 1 aliphatic carbocycles. The van der Waals surface area contributed by atoms with Gasteiger partial charge in [-0.25, -0.2) is 4.98 Å². The van der Waals surface area contributed by atoms with Gasteiger partial charge in [0.2, 0.25) is 5.91 Å². The van der Waals surface area contributed by atoms with E-state index in [4.69, 9.17) is 0 Å². The third-order valence-electron chi connectivity index (χ3n) is 3.42. The molecule has 2 rings (SSSR count). The van der Waals surface area contributed by atoms with E-state index in [2.05, 4.69) is 4.98 Å². The number of nitrogens with zero attached hydrogens (tertiary/aromatic N) is 3. The van der Waals surface area contributed by atoms with E-state index in [9.17, 15) is 13.6 Å². The molecule has 1 saturated carbocycles. The fourth-order valence-corrected chi connectivity index (χ4v) is 2.42. The van der Waals surface area contributed by atoms with Gasteiger partial charge in [0.15, 0.2) is 0 Å². The predicted octanol–water partition coefficient (Wildman–Crippen LogP) is 2.43. The van der Waals surface area contributed by atoms with Crippen molar-refractivity contribution in [1.29, 1.82) is 0 Å². The van der Waals surface area contributed by atoms with Crippen molar-refractivity contribution in [2.24, 2.45) is 5.92 Å². The van der Waals surface area contributed by atoms with Gasteiger partial charge in [0.05, 0.1) is 6.54 Å². The van der Waals surface area contributed by atoms with Gasteiger partial charge in [-0.3, -0.25) is 9.36 Å². The van der Waals surface area contributed by atoms with Gasteiger partial charge in [-0.2, -0.15) is 8.78 Å². The van der Waals surface area contributed by atoms with Crippen molar-refractivity contribution in [3.05, 3.63) is 18.2 Å². The lowest BCUT2D eigenvalue weighted by atomic mass is 10.1. The summed E-state index contributed by atoms with van der Waals surface area (Å²) in [6, 6.07) is 0. The molecule has 0 spiro atoms. The van der Waals surface area contributed by atoms with Gasteiger partial charge in [0, 0.05) is 25.4 Å². The molecule has 0 aliphatic heterocycles. The van der Waals surface area contributed by atoms with Crippen molar-refractivity contribution in [3.8, 4) is 0 Å². The highest BCUT2D eigenvalue weighted by Crippen LogP contribution is 2.26. The Morgan fingerprint density at radius 3 is 2.83 bits per heavy atom. The second kappa shape index (κ2) is 5.46. The van der Waals surface area contributed by atoms with E-state index in [1.807, 2.05) is 0 Å². The van der Waals surface area contributed by atoms with Crippen LogP contribution in [0.15, 0.2) is 12.4 Å². The third kappa shape index (κ3) is 2.68. The largest absolute Gasteiger partial charge is 0.338 e. The first-order valence-electron chi connectivity index (χ1n) is 6.14. The third-order valence-corrected chi connectivity index (χ3v) is 3.42. The molecule has 1 heterocycles. The maximum atomic E-state index is 12.6. The molecule has 0 aromatic carbocycles. The van der Waals surface area contributed by atoms with Crippen LogP contribution in [0.25, 0.3) is 0 Å². The zero-order valence-electron chi connectivity index (χ0n) is 10.4. The lowest BCUT2D eigenvalue weighted by Crippen LogP contribution is -2.32. The van der Waals surface area contributed by atoms with E-state index < -0.39 is 6.55 Å². The molecule has 0 N–H and O–H groups in total. The Balaban J connectivity index is 1.99. The van der Waals surface area contributed by atoms with Gasteiger partial charge in [-0.05, 0) is 12.8 Å². The smallest absolute Gasteiger partial charge is 0.319 e. The van der Waals surface area contributed by atoms with Crippen LogP contribution in [-0.2, 0) is 11.3 Å². The van der Waals surface area contributed by atoms with E-state index in [-0.39, 0.29) is 24.2 Å². The van der Waals surface area contributed by atoms with Crippen LogP contribution in [0, 0.1) is 5.92 Å². The topological polar surface area (TPSA) is 38.1 Å². The highest BCUT2D eigenvalue weighted by atomic mass is 19.3. The molecular weight excluding hydrogens is 240 g/mol. The number of aromatic nitrogens is 2. The quantitative estimate of drug-likeness (QED) is 0.830.